The van der Waals surface area contributed by atoms with Crippen LogP contribution in [0.25, 0.3) is 0 Å². The van der Waals surface area contributed by atoms with Gasteiger partial charge in [0.1, 0.15) is 0 Å². The lowest BCUT2D eigenvalue weighted by Crippen LogP contribution is -2.58. The first-order chi connectivity index (χ1) is 6.25. The maximum atomic E-state index is 12.6. The van der Waals surface area contributed by atoms with E-state index in [4.69, 9.17) is 0 Å². The Morgan fingerprint density at radius 2 is 1.21 bits per heavy atom. The van der Waals surface area contributed by atoms with Gasteiger partial charge in [0.25, 0.3) is 0 Å². The van der Waals surface area contributed by atoms with Crippen LogP contribution in [-0.4, -0.2) is 48.4 Å². The minimum absolute atomic E-state index is 0.0664. The fourth-order valence-corrected chi connectivity index (χ4v) is 1.14. The molecule has 1 aliphatic heterocycles. The standard InChI is InChI=1S/C6H8F6N2/c7-5(8,9)6(10,11)13-1-3-14(12)4-2-13/h1-4H2. The van der Waals surface area contributed by atoms with Crippen molar-refractivity contribution in [2.45, 2.75) is 12.2 Å². The van der Waals surface area contributed by atoms with Crippen molar-refractivity contribution in [1.29, 1.82) is 0 Å². The summed E-state index contributed by atoms with van der Waals surface area (Å²) in [6.45, 7) is -2.15. The Kier molecular flexibility index (Phi) is 2.96. The third-order valence-electron chi connectivity index (χ3n) is 1.96. The van der Waals surface area contributed by atoms with Crippen molar-refractivity contribution >= 4 is 0 Å². The molecule has 0 aliphatic carbocycles. The van der Waals surface area contributed by atoms with Crippen LogP contribution in [0.2, 0.25) is 0 Å². The summed E-state index contributed by atoms with van der Waals surface area (Å²) in [5.74, 6) is 0. The van der Waals surface area contributed by atoms with Crippen LogP contribution in [-0.2, 0) is 0 Å². The summed E-state index contributed by atoms with van der Waals surface area (Å²) in [5.41, 5.74) is 0. The van der Waals surface area contributed by atoms with Crippen LogP contribution in [0.5, 0.6) is 0 Å². The highest BCUT2D eigenvalue weighted by atomic mass is 19.4. The average Bonchev–Trinajstić information content (AvgIpc) is 2.03. The highest BCUT2D eigenvalue weighted by molar-refractivity contribution is 4.80. The van der Waals surface area contributed by atoms with Crippen LogP contribution in [0.3, 0.4) is 0 Å². The summed E-state index contributed by atoms with van der Waals surface area (Å²) in [5, 5.41) is 0.211. The Morgan fingerprint density at radius 3 is 1.57 bits per heavy atom. The molecule has 1 heterocycles. The maximum Gasteiger partial charge on any atom is 0.469 e. The van der Waals surface area contributed by atoms with Crippen LogP contribution in [0.4, 0.5) is 26.4 Å². The zero-order valence-corrected chi connectivity index (χ0v) is 6.99. The van der Waals surface area contributed by atoms with Crippen molar-refractivity contribution in [2.75, 3.05) is 26.2 Å². The quantitative estimate of drug-likeness (QED) is 0.378. The number of rotatable bonds is 1. The van der Waals surface area contributed by atoms with E-state index in [0.29, 0.717) is 0 Å². The minimum Gasteiger partial charge on any atom is -0.234 e. The van der Waals surface area contributed by atoms with Crippen molar-refractivity contribution in [3.05, 3.63) is 0 Å². The summed E-state index contributed by atoms with van der Waals surface area (Å²) in [7, 11) is 0. The first kappa shape index (κ1) is 11.6. The molecule has 14 heavy (non-hydrogen) atoms. The van der Waals surface area contributed by atoms with Gasteiger partial charge in [-0.1, -0.05) is 0 Å². The molecule has 0 aromatic rings. The van der Waals surface area contributed by atoms with E-state index in [0.717, 1.165) is 0 Å². The molecule has 0 spiro atoms. The molecule has 1 saturated heterocycles. The third-order valence-corrected chi connectivity index (χ3v) is 1.96. The van der Waals surface area contributed by atoms with Gasteiger partial charge in [-0.05, 0) is 0 Å². The molecule has 0 unspecified atom stereocenters. The molecule has 0 radical (unpaired) electrons. The number of nitrogens with zero attached hydrogens (tertiary/aromatic N) is 2. The van der Waals surface area contributed by atoms with Gasteiger partial charge in [0, 0.05) is 26.2 Å². The molecule has 0 saturated carbocycles. The first-order valence-electron chi connectivity index (χ1n) is 3.85. The first-order valence-corrected chi connectivity index (χ1v) is 3.85. The Hall–Kier alpha value is -0.500. The Bertz CT molecular complexity index is 195. The number of hydrogen-bond donors (Lipinski definition) is 0. The van der Waals surface area contributed by atoms with Crippen molar-refractivity contribution in [3.8, 4) is 0 Å². The largest absolute Gasteiger partial charge is 0.469 e. The zero-order valence-electron chi connectivity index (χ0n) is 6.99. The summed E-state index contributed by atoms with van der Waals surface area (Å²) < 4.78 is 73.0. The highest BCUT2D eigenvalue weighted by Gasteiger charge is 2.61. The second kappa shape index (κ2) is 3.58. The number of halogens is 6. The zero-order chi connectivity index (χ0) is 11.0. The number of hydrogen-bond acceptors (Lipinski definition) is 2. The monoisotopic (exact) mass is 222 g/mol. The van der Waals surface area contributed by atoms with Gasteiger partial charge in [-0.15, -0.1) is 9.60 Å². The van der Waals surface area contributed by atoms with Crippen molar-refractivity contribution in [1.82, 2.24) is 10.0 Å². The van der Waals surface area contributed by atoms with E-state index in [1.807, 2.05) is 0 Å². The van der Waals surface area contributed by atoms with Gasteiger partial charge >= 0.3 is 12.2 Å². The lowest BCUT2D eigenvalue weighted by molar-refractivity contribution is -0.345. The van der Waals surface area contributed by atoms with E-state index in [-0.39, 0.29) is 10.0 Å². The highest BCUT2D eigenvalue weighted by Crippen LogP contribution is 2.38. The van der Waals surface area contributed by atoms with E-state index in [9.17, 15) is 26.4 Å². The molecule has 1 aliphatic rings. The fraction of sp³-hybridized carbons (Fsp3) is 1.00. The van der Waals surface area contributed by atoms with Crippen LogP contribution in [0, 0.1) is 0 Å². The van der Waals surface area contributed by atoms with Crippen molar-refractivity contribution < 1.29 is 26.4 Å². The molecule has 0 bridgehead atoms. The van der Waals surface area contributed by atoms with E-state index >= 15 is 0 Å². The van der Waals surface area contributed by atoms with Gasteiger partial charge in [-0.2, -0.15) is 22.0 Å². The van der Waals surface area contributed by atoms with Gasteiger partial charge in [0.05, 0.1) is 0 Å². The molecule has 0 atom stereocenters. The Balaban J connectivity index is 2.65. The van der Waals surface area contributed by atoms with E-state index in [2.05, 4.69) is 0 Å². The van der Waals surface area contributed by atoms with Crippen LogP contribution >= 0.6 is 0 Å². The van der Waals surface area contributed by atoms with Crippen LogP contribution < -0.4 is 0 Å². The van der Waals surface area contributed by atoms with Gasteiger partial charge in [0.2, 0.25) is 0 Å². The molecule has 1 rings (SSSR count). The minimum atomic E-state index is -5.61. The second-order valence-electron chi connectivity index (χ2n) is 2.94. The number of alkyl halides is 5. The second-order valence-corrected chi connectivity index (χ2v) is 2.94. The van der Waals surface area contributed by atoms with E-state index in [1.54, 1.807) is 0 Å². The summed E-state index contributed by atoms with van der Waals surface area (Å²) in [4.78, 5) is -0.0664. The Labute approximate surface area is 76.0 Å². The maximum absolute atomic E-state index is 12.6. The number of piperazine rings is 1. The van der Waals surface area contributed by atoms with E-state index in [1.165, 1.54) is 0 Å². The van der Waals surface area contributed by atoms with Crippen LogP contribution in [0.1, 0.15) is 0 Å². The molecule has 0 amide bonds. The molecule has 84 valence electrons. The van der Waals surface area contributed by atoms with Gasteiger partial charge in [0.15, 0.2) is 0 Å². The predicted molar refractivity (Wildman–Crippen MR) is 35.3 cm³/mol. The molecular formula is C6H8F6N2. The molecule has 0 aromatic carbocycles. The average molecular weight is 222 g/mol. The molecule has 2 nitrogen and oxygen atoms in total. The summed E-state index contributed by atoms with van der Waals surface area (Å²) in [6, 6.07) is -4.87. The lowest BCUT2D eigenvalue weighted by Gasteiger charge is -2.36. The fourth-order valence-electron chi connectivity index (χ4n) is 1.14. The smallest absolute Gasteiger partial charge is 0.234 e. The van der Waals surface area contributed by atoms with Gasteiger partial charge in [-0.3, -0.25) is 0 Å². The molecule has 0 aromatic heterocycles. The van der Waals surface area contributed by atoms with E-state index < -0.39 is 38.4 Å². The molecular weight excluding hydrogens is 214 g/mol. The van der Waals surface area contributed by atoms with Gasteiger partial charge < -0.3 is 0 Å². The topological polar surface area (TPSA) is 6.48 Å². The summed E-state index contributed by atoms with van der Waals surface area (Å²) >= 11 is 0. The van der Waals surface area contributed by atoms with Crippen molar-refractivity contribution in [3.63, 3.8) is 0 Å². The summed E-state index contributed by atoms with van der Waals surface area (Å²) in [6.07, 6.45) is -5.61. The normalized spacial score (nSPS) is 22.7. The Morgan fingerprint density at radius 1 is 0.786 bits per heavy atom. The van der Waals surface area contributed by atoms with Crippen molar-refractivity contribution in [2.24, 2.45) is 0 Å². The SMILES string of the molecule is FN1CCN(C(F)(F)C(F)(F)F)CC1. The van der Waals surface area contributed by atoms with Crippen LogP contribution in [0.15, 0.2) is 0 Å². The predicted octanol–water partition coefficient (Wildman–Crippen LogP) is 1.64. The molecule has 1 fully saturated rings. The third kappa shape index (κ3) is 2.11. The lowest BCUT2D eigenvalue weighted by atomic mass is 10.3. The molecule has 0 N–H and O–H groups in total. The van der Waals surface area contributed by atoms with Gasteiger partial charge in [-0.25, -0.2) is 4.90 Å². The molecule has 8 heteroatoms.